The third-order valence-electron chi connectivity index (χ3n) is 1.82. The molecule has 0 aliphatic heterocycles. The molecule has 1 N–H and O–H groups in total. The van der Waals surface area contributed by atoms with E-state index in [9.17, 15) is 9.18 Å². The average molecular weight is 215 g/mol. The largest absolute Gasteiger partial charge is 0.477 e. The van der Waals surface area contributed by atoms with Gasteiger partial charge in [0.15, 0.2) is 10.8 Å². The molecule has 0 unspecified atom stereocenters. The molecule has 0 saturated carbocycles. The second-order valence-corrected chi connectivity index (χ2v) is 3.07. The lowest BCUT2D eigenvalue weighted by molar-refractivity contribution is 0.0693. The zero-order valence-corrected chi connectivity index (χ0v) is 7.51. The first-order valence-electron chi connectivity index (χ1n) is 3.70. The number of rotatable bonds is 1. The molecule has 0 atom stereocenters. The van der Waals surface area contributed by atoms with Crippen LogP contribution in [0, 0.1) is 5.82 Å². The smallest absolute Gasteiger partial charge is 0.342 e. The topological polar surface area (TPSA) is 50.4 Å². The summed E-state index contributed by atoms with van der Waals surface area (Å²) >= 11 is 5.53. The molecule has 0 saturated heterocycles. The van der Waals surface area contributed by atoms with Crippen LogP contribution in [0.3, 0.4) is 0 Å². The van der Waals surface area contributed by atoms with Crippen LogP contribution in [0.4, 0.5) is 4.39 Å². The van der Waals surface area contributed by atoms with Crippen molar-refractivity contribution in [3.63, 3.8) is 0 Å². The van der Waals surface area contributed by atoms with Gasteiger partial charge in [0, 0.05) is 11.5 Å². The highest BCUT2D eigenvalue weighted by molar-refractivity contribution is 6.30. The second-order valence-electron chi connectivity index (χ2n) is 2.70. The summed E-state index contributed by atoms with van der Waals surface area (Å²) in [5.41, 5.74) is -0.531. The molecule has 1 aromatic carbocycles. The first-order chi connectivity index (χ1) is 6.59. The Morgan fingerprint density at radius 1 is 1.50 bits per heavy atom. The molecule has 14 heavy (non-hydrogen) atoms. The first kappa shape index (κ1) is 9.02. The molecule has 0 radical (unpaired) electrons. The van der Waals surface area contributed by atoms with Crippen molar-refractivity contribution in [2.24, 2.45) is 0 Å². The highest BCUT2D eigenvalue weighted by Gasteiger charge is 2.18. The third kappa shape index (κ3) is 1.24. The predicted octanol–water partition coefficient (Wildman–Crippen LogP) is 2.92. The normalized spacial score (nSPS) is 10.7. The summed E-state index contributed by atoms with van der Waals surface area (Å²) in [7, 11) is 0. The Morgan fingerprint density at radius 3 is 2.86 bits per heavy atom. The van der Waals surface area contributed by atoms with Crippen LogP contribution < -0.4 is 0 Å². The van der Waals surface area contributed by atoms with Gasteiger partial charge in [-0.1, -0.05) is 0 Å². The highest BCUT2D eigenvalue weighted by atomic mass is 35.5. The van der Waals surface area contributed by atoms with E-state index in [1.54, 1.807) is 0 Å². The lowest BCUT2D eigenvalue weighted by atomic mass is 10.1. The van der Waals surface area contributed by atoms with Crippen molar-refractivity contribution in [3.05, 3.63) is 34.8 Å². The van der Waals surface area contributed by atoms with Gasteiger partial charge in [0.05, 0.1) is 0 Å². The lowest BCUT2D eigenvalue weighted by Gasteiger charge is -1.96. The number of halogens is 2. The second kappa shape index (κ2) is 2.99. The highest BCUT2D eigenvalue weighted by Crippen LogP contribution is 2.27. The van der Waals surface area contributed by atoms with E-state index >= 15 is 0 Å². The fraction of sp³-hybridized carbons (Fsp3) is 0. The summed E-state index contributed by atoms with van der Waals surface area (Å²) < 4.78 is 18.0. The molecule has 1 aromatic heterocycles. The molecule has 0 spiro atoms. The minimum atomic E-state index is -1.38. The number of carboxylic acids is 1. The van der Waals surface area contributed by atoms with Gasteiger partial charge >= 0.3 is 5.97 Å². The Labute approximate surface area is 82.7 Å². The zero-order valence-electron chi connectivity index (χ0n) is 6.75. The summed E-state index contributed by atoms with van der Waals surface area (Å²) in [5, 5.41) is 9.23. The minimum absolute atomic E-state index is 0.0353. The van der Waals surface area contributed by atoms with Gasteiger partial charge in [-0.05, 0) is 23.7 Å². The number of carbonyl (C=O) groups is 1. The number of carboxylic acid groups (broad SMARTS) is 1. The van der Waals surface area contributed by atoms with E-state index < -0.39 is 17.3 Å². The molecule has 0 aliphatic rings. The van der Waals surface area contributed by atoms with Crippen LogP contribution in [-0.4, -0.2) is 11.1 Å². The van der Waals surface area contributed by atoms with Crippen LogP contribution in [0.2, 0.25) is 5.22 Å². The molecule has 0 aliphatic carbocycles. The van der Waals surface area contributed by atoms with E-state index in [2.05, 4.69) is 0 Å². The van der Waals surface area contributed by atoms with E-state index in [1.807, 2.05) is 0 Å². The Hall–Kier alpha value is -1.55. The lowest BCUT2D eigenvalue weighted by Crippen LogP contribution is -2.00. The summed E-state index contributed by atoms with van der Waals surface area (Å²) in [4.78, 5) is 10.7. The van der Waals surface area contributed by atoms with E-state index in [1.165, 1.54) is 12.1 Å². The van der Waals surface area contributed by atoms with Crippen molar-refractivity contribution in [2.45, 2.75) is 0 Å². The molecule has 2 rings (SSSR count). The summed E-state index contributed by atoms with van der Waals surface area (Å²) in [6.07, 6.45) is 0. The van der Waals surface area contributed by atoms with Crippen molar-refractivity contribution >= 4 is 28.5 Å². The van der Waals surface area contributed by atoms with Gasteiger partial charge < -0.3 is 9.52 Å². The van der Waals surface area contributed by atoms with Gasteiger partial charge in [-0.25, -0.2) is 9.18 Å². The molecule has 3 nitrogen and oxygen atoms in total. The van der Waals surface area contributed by atoms with Crippen LogP contribution in [0.25, 0.3) is 11.0 Å². The predicted molar refractivity (Wildman–Crippen MR) is 48.1 cm³/mol. The maximum absolute atomic E-state index is 13.1. The molecular formula is C9H4ClFO3. The van der Waals surface area contributed by atoms with Crippen LogP contribution in [0.15, 0.2) is 22.6 Å². The fourth-order valence-corrected chi connectivity index (χ4v) is 1.44. The molecular weight excluding hydrogens is 211 g/mol. The van der Waals surface area contributed by atoms with Crippen LogP contribution in [-0.2, 0) is 0 Å². The number of aromatic carboxylic acids is 1. The Morgan fingerprint density at radius 2 is 2.21 bits per heavy atom. The molecule has 5 heteroatoms. The summed E-state index contributed by atoms with van der Waals surface area (Å²) in [6, 6.07) is 3.91. The molecule has 1 heterocycles. The average Bonchev–Trinajstić information content (AvgIpc) is 2.43. The van der Waals surface area contributed by atoms with Gasteiger partial charge in [0.2, 0.25) is 0 Å². The summed E-state index contributed by atoms with van der Waals surface area (Å²) in [5.74, 6) is -2.21. The van der Waals surface area contributed by atoms with E-state index in [-0.39, 0.29) is 10.8 Å². The Balaban J connectivity index is 2.88. The molecule has 2 aromatic rings. The fourth-order valence-electron chi connectivity index (χ4n) is 1.25. The van der Waals surface area contributed by atoms with Crippen molar-refractivity contribution in [1.29, 1.82) is 0 Å². The van der Waals surface area contributed by atoms with Gasteiger partial charge in [-0.15, -0.1) is 0 Å². The summed E-state index contributed by atoms with van der Waals surface area (Å²) in [6.45, 7) is 0. The Kier molecular flexibility index (Phi) is 1.93. The van der Waals surface area contributed by atoms with E-state index in [0.29, 0.717) is 5.39 Å². The van der Waals surface area contributed by atoms with Crippen molar-refractivity contribution in [1.82, 2.24) is 0 Å². The Bertz CT molecular complexity index is 518. The van der Waals surface area contributed by atoms with Crippen LogP contribution in [0.1, 0.15) is 10.4 Å². The number of benzene rings is 1. The van der Waals surface area contributed by atoms with Crippen LogP contribution >= 0.6 is 11.6 Å². The molecule has 0 fully saturated rings. The number of fused-ring (bicyclic) bond motifs is 1. The van der Waals surface area contributed by atoms with Crippen molar-refractivity contribution < 1.29 is 18.7 Å². The van der Waals surface area contributed by atoms with Crippen LogP contribution in [0.5, 0.6) is 0 Å². The number of hydrogen-bond acceptors (Lipinski definition) is 2. The number of furan rings is 1. The zero-order chi connectivity index (χ0) is 10.3. The van der Waals surface area contributed by atoms with Gasteiger partial charge in [0.25, 0.3) is 0 Å². The third-order valence-corrected chi connectivity index (χ3v) is 2.01. The monoisotopic (exact) mass is 214 g/mol. The van der Waals surface area contributed by atoms with Gasteiger partial charge in [0.1, 0.15) is 11.4 Å². The minimum Gasteiger partial charge on any atom is -0.477 e. The molecule has 0 amide bonds. The van der Waals surface area contributed by atoms with E-state index in [4.69, 9.17) is 21.1 Å². The van der Waals surface area contributed by atoms with Crippen molar-refractivity contribution in [3.8, 4) is 0 Å². The maximum Gasteiger partial charge on any atom is 0.342 e. The number of hydrogen-bond donors (Lipinski definition) is 1. The molecule has 72 valence electrons. The quantitative estimate of drug-likeness (QED) is 0.794. The SMILES string of the molecule is O=C(O)c1c(F)ccc2cc(Cl)oc12. The standard InChI is InChI=1S/C9H4ClFO3/c10-6-3-4-1-2-5(11)7(9(12)13)8(4)14-6/h1-3H,(H,12,13). The first-order valence-corrected chi connectivity index (χ1v) is 4.08. The van der Waals surface area contributed by atoms with Gasteiger partial charge in [-0.3, -0.25) is 0 Å². The van der Waals surface area contributed by atoms with Crippen molar-refractivity contribution in [2.75, 3.05) is 0 Å². The molecule has 0 bridgehead atoms. The van der Waals surface area contributed by atoms with Gasteiger partial charge in [-0.2, -0.15) is 0 Å². The van der Waals surface area contributed by atoms with E-state index in [0.717, 1.165) is 6.07 Å². The maximum atomic E-state index is 13.1.